The number of benzene rings is 2. The van der Waals surface area contributed by atoms with E-state index in [1.165, 1.54) is 6.92 Å². The molecule has 0 fully saturated rings. The molecule has 2 aromatic rings. The standard InChI is InChI=1S/C19H19NO3/c1-15(21)23-14-8-13-18(16-9-4-2-5-10-16)20-19(22)17-11-6-3-7-12-17/h2-13,18H,14H2,1H3,(H,20,22)/b13-8+. The first kappa shape index (κ1) is 16.5. The van der Waals surface area contributed by atoms with Crippen LogP contribution in [0.4, 0.5) is 0 Å². The average molecular weight is 309 g/mol. The number of rotatable bonds is 6. The summed E-state index contributed by atoms with van der Waals surface area (Å²) < 4.78 is 4.88. The minimum absolute atomic E-state index is 0.156. The molecule has 1 atom stereocenters. The molecule has 0 radical (unpaired) electrons. The van der Waals surface area contributed by atoms with Crippen molar-refractivity contribution in [1.29, 1.82) is 0 Å². The Bertz CT molecular complexity index is 666. The van der Waals surface area contributed by atoms with Crippen LogP contribution in [-0.4, -0.2) is 18.5 Å². The van der Waals surface area contributed by atoms with E-state index in [1.807, 2.05) is 54.6 Å². The molecular formula is C19H19NO3. The fourth-order valence-corrected chi connectivity index (χ4v) is 2.07. The number of esters is 1. The number of hydrogen-bond donors (Lipinski definition) is 1. The van der Waals surface area contributed by atoms with Gasteiger partial charge in [-0.3, -0.25) is 9.59 Å². The van der Waals surface area contributed by atoms with Gasteiger partial charge >= 0.3 is 5.97 Å². The van der Waals surface area contributed by atoms with Crippen molar-refractivity contribution in [2.24, 2.45) is 0 Å². The van der Waals surface area contributed by atoms with Crippen molar-refractivity contribution in [3.8, 4) is 0 Å². The van der Waals surface area contributed by atoms with E-state index < -0.39 is 0 Å². The molecule has 0 bridgehead atoms. The largest absolute Gasteiger partial charge is 0.462 e. The normalized spacial score (nSPS) is 11.9. The van der Waals surface area contributed by atoms with Crippen LogP contribution in [0.15, 0.2) is 72.8 Å². The lowest BCUT2D eigenvalue weighted by molar-refractivity contribution is -0.139. The van der Waals surface area contributed by atoms with Gasteiger partial charge in [-0.25, -0.2) is 0 Å². The second kappa shape index (κ2) is 8.54. The summed E-state index contributed by atoms with van der Waals surface area (Å²) in [5.41, 5.74) is 1.55. The Morgan fingerprint density at radius 1 is 1.04 bits per heavy atom. The van der Waals surface area contributed by atoms with Crippen LogP contribution in [0.2, 0.25) is 0 Å². The maximum Gasteiger partial charge on any atom is 0.302 e. The monoisotopic (exact) mass is 309 g/mol. The zero-order chi connectivity index (χ0) is 16.5. The first-order valence-electron chi connectivity index (χ1n) is 7.37. The van der Waals surface area contributed by atoms with Crippen molar-refractivity contribution >= 4 is 11.9 Å². The Morgan fingerprint density at radius 3 is 2.26 bits per heavy atom. The van der Waals surface area contributed by atoms with Crippen LogP contribution >= 0.6 is 0 Å². The van der Waals surface area contributed by atoms with Crippen molar-refractivity contribution < 1.29 is 14.3 Å². The van der Waals surface area contributed by atoms with Gasteiger partial charge in [-0.1, -0.05) is 54.6 Å². The lowest BCUT2D eigenvalue weighted by Gasteiger charge is -2.16. The maximum atomic E-state index is 12.3. The molecule has 0 saturated carbocycles. The van der Waals surface area contributed by atoms with Crippen LogP contribution in [0.25, 0.3) is 0 Å². The fraction of sp³-hybridized carbons (Fsp3) is 0.158. The molecule has 0 saturated heterocycles. The third-order valence-electron chi connectivity index (χ3n) is 3.19. The van der Waals surface area contributed by atoms with Crippen molar-refractivity contribution in [3.05, 3.63) is 83.9 Å². The molecule has 0 spiro atoms. The van der Waals surface area contributed by atoms with Gasteiger partial charge in [0.1, 0.15) is 6.61 Å². The number of carbonyl (C=O) groups excluding carboxylic acids is 2. The number of hydrogen-bond acceptors (Lipinski definition) is 3. The lowest BCUT2D eigenvalue weighted by Crippen LogP contribution is -2.27. The van der Waals surface area contributed by atoms with E-state index in [0.29, 0.717) is 5.56 Å². The van der Waals surface area contributed by atoms with Crippen LogP contribution in [0, 0.1) is 0 Å². The molecule has 0 aromatic heterocycles. The summed E-state index contributed by atoms with van der Waals surface area (Å²) in [6.07, 6.45) is 3.55. The Hall–Kier alpha value is -2.88. The number of carbonyl (C=O) groups is 2. The fourth-order valence-electron chi connectivity index (χ4n) is 2.07. The van der Waals surface area contributed by atoms with Gasteiger partial charge < -0.3 is 10.1 Å². The summed E-state index contributed by atoms with van der Waals surface area (Å²) in [7, 11) is 0. The number of nitrogens with one attached hydrogen (secondary N) is 1. The molecule has 4 heteroatoms. The highest BCUT2D eigenvalue weighted by Crippen LogP contribution is 2.15. The molecule has 2 aromatic carbocycles. The highest BCUT2D eigenvalue weighted by molar-refractivity contribution is 5.94. The molecule has 23 heavy (non-hydrogen) atoms. The zero-order valence-electron chi connectivity index (χ0n) is 12.9. The second-order valence-corrected chi connectivity index (χ2v) is 4.96. The highest BCUT2D eigenvalue weighted by Gasteiger charge is 2.12. The molecule has 0 aliphatic rings. The molecule has 1 amide bonds. The van der Waals surface area contributed by atoms with E-state index in [-0.39, 0.29) is 24.5 Å². The van der Waals surface area contributed by atoms with Gasteiger partial charge in [0.05, 0.1) is 6.04 Å². The average Bonchev–Trinajstić information content (AvgIpc) is 2.58. The summed E-state index contributed by atoms with van der Waals surface area (Å²) in [5.74, 6) is -0.490. The maximum absolute atomic E-state index is 12.3. The van der Waals surface area contributed by atoms with Crippen molar-refractivity contribution in [2.75, 3.05) is 6.61 Å². The van der Waals surface area contributed by atoms with Crippen LogP contribution < -0.4 is 5.32 Å². The van der Waals surface area contributed by atoms with Crippen LogP contribution in [-0.2, 0) is 9.53 Å². The first-order valence-corrected chi connectivity index (χ1v) is 7.37. The van der Waals surface area contributed by atoms with E-state index in [9.17, 15) is 9.59 Å². The highest BCUT2D eigenvalue weighted by atomic mass is 16.5. The van der Waals surface area contributed by atoms with E-state index in [4.69, 9.17) is 4.74 Å². The van der Waals surface area contributed by atoms with E-state index in [1.54, 1.807) is 18.2 Å². The molecule has 4 nitrogen and oxygen atoms in total. The molecular weight excluding hydrogens is 290 g/mol. The third-order valence-corrected chi connectivity index (χ3v) is 3.19. The summed E-state index contributed by atoms with van der Waals surface area (Å²) in [6.45, 7) is 1.54. The Balaban J connectivity index is 2.10. The van der Waals surface area contributed by atoms with Gasteiger partial charge in [0.15, 0.2) is 0 Å². The quantitative estimate of drug-likeness (QED) is 0.658. The van der Waals surface area contributed by atoms with Crippen LogP contribution in [0.5, 0.6) is 0 Å². The number of amides is 1. The van der Waals surface area contributed by atoms with Gasteiger partial charge in [0, 0.05) is 12.5 Å². The molecule has 2 rings (SSSR count). The van der Waals surface area contributed by atoms with Crippen molar-refractivity contribution in [1.82, 2.24) is 5.32 Å². The summed E-state index contributed by atoms with van der Waals surface area (Å²) in [5, 5.41) is 2.97. The zero-order valence-corrected chi connectivity index (χ0v) is 12.9. The van der Waals surface area contributed by atoms with Crippen molar-refractivity contribution in [3.63, 3.8) is 0 Å². The van der Waals surface area contributed by atoms with Gasteiger partial charge in [-0.2, -0.15) is 0 Å². The molecule has 0 aliphatic carbocycles. The third kappa shape index (κ3) is 5.43. The minimum atomic E-state index is -0.334. The van der Waals surface area contributed by atoms with Crippen LogP contribution in [0.1, 0.15) is 28.9 Å². The Kier molecular flexibility index (Phi) is 6.12. The van der Waals surface area contributed by atoms with Gasteiger partial charge in [-0.05, 0) is 23.8 Å². The second-order valence-electron chi connectivity index (χ2n) is 4.96. The van der Waals surface area contributed by atoms with Crippen LogP contribution in [0.3, 0.4) is 0 Å². The van der Waals surface area contributed by atoms with E-state index in [2.05, 4.69) is 5.32 Å². The molecule has 1 unspecified atom stereocenters. The SMILES string of the molecule is CC(=O)OC/C=C/C(NC(=O)c1ccccc1)c1ccccc1. The molecule has 1 N–H and O–H groups in total. The van der Waals surface area contributed by atoms with Gasteiger partial charge in [0.25, 0.3) is 5.91 Å². The molecule has 0 aliphatic heterocycles. The first-order chi connectivity index (χ1) is 11.2. The van der Waals surface area contributed by atoms with E-state index >= 15 is 0 Å². The van der Waals surface area contributed by atoms with E-state index in [0.717, 1.165) is 5.56 Å². The molecule has 0 heterocycles. The van der Waals surface area contributed by atoms with Gasteiger partial charge in [-0.15, -0.1) is 0 Å². The summed E-state index contributed by atoms with van der Waals surface area (Å²) in [4.78, 5) is 23.1. The number of ether oxygens (including phenoxy) is 1. The summed E-state index contributed by atoms with van der Waals surface area (Å²) >= 11 is 0. The Labute approximate surface area is 135 Å². The van der Waals surface area contributed by atoms with Crippen molar-refractivity contribution in [2.45, 2.75) is 13.0 Å². The smallest absolute Gasteiger partial charge is 0.302 e. The predicted molar refractivity (Wildman–Crippen MR) is 88.9 cm³/mol. The van der Waals surface area contributed by atoms with Gasteiger partial charge in [0.2, 0.25) is 0 Å². The summed E-state index contributed by atoms with van der Waals surface area (Å²) in [6, 6.07) is 18.4. The topological polar surface area (TPSA) is 55.4 Å². The lowest BCUT2D eigenvalue weighted by atomic mass is 10.1. The molecule has 118 valence electrons. The predicted octanol–water partition coefficient (Wildman–Crippen LogP) is 3.28. The Morgan fingerprint density at radius 2 is 1.65 bits per heavy atom. The minimum Gasteiger partial charge on any atom is -0.462 e.